The van der Waals surface area contributed by atoms with Crippen LogP contribution in [0.15, 0.2) is 12.1 Å². The first-order valence-electron chi connectivity index (χ1n) is 8.59. The molecule has 2 amide bonds. The minimum absolute atomic E-state index is 0.00560. The third-order valence-electron chi connectivity index (χ3n) is 4.35. The number of likely N-dealkylation sites (tertiary alicyclic amines) is 1. The molecule has 1 atom stereocenters. The summed E-state index contributed by atoms with van der Waals surface area (Å²) in [7, 11) is 1.43. The monoisotopic (exact) mass is 418 g/mol. The number of amides is 2. The molecule has 0 saturated carbocycles. The maximum Gasteiger partial charge on any atom is 0.310 e. The lowest BCUT2D eigenvalue weighted by Gasteiger charge is -2.32. The van der Waals surface area contributed by atoms with Gasteiger partial charge in [0, 0.05) is 20.1 Å². The Morgan fingerprint density at radius 2 is 2.00 bits per heavy atom. The van der Waals surface area contributed by atoms with Gasteiger partial charge in [-0.05, 0) is 31.9 Å². The Kier molecular flexibility index (Phi) is 7.44. The van der Waals surface area contributed by atoms with Crippen LogP contribution in [0.25, 0.3) is 0 Å². The minimum atomic E-state index is -0.766. The van der Waals surface area contributed by atoms with E-state index in [-0.39, 0.29) is 46.5 Å². The van der Waals surface area contributed by atoms with Gasteiger partial charge < -0.3 is 14.5 Å². The normalized spacial score (nSPS) is 16.8. The van der Waals surface area contributed by atoms with Crippen LogP contribution < -0.4 is 0 Å². The summed E-state index contributed by atoms with van der Waals surface area (Å²) in [6, 6.07) is 2.10. The molecule has 0 radical (unpaired) electrons. The van der Waals surface area contributed by atoms with E-state index in [0.717, 1.165) is 17.0 Å². The second-order valence-corrected chi connectivity index (χ2v) is 7.15. The largest absolute Gasteiger partial charge is 0.466 e. The van der Waals surface area contributed by atoms with E-state index in [1.807, 2.05) is 0 Å². The molecule has 1 fully saturated rings. The van der Waals surface area contributed by atoms with E-state index < -0.39 is 11.7 Å². The fourth-order valence-corrected chi connectivity index (χ4v) is 3.39. The highest BCUT2D eigenvalue weighted by Crippen LogP contribution is 2.25. The summed E-state index contributed by atoms with van der Waals surface area (Å²) in [5.74, 6) is -2.34. The number of benzene rings is 1. The molecule has 148 valence electrons. The zero-order valence-electron chi connectivity index (χ0n) is 15.1. The molecule has 0 aliphatic carbocycles. The van der Waals surface area contributed by atoms with Crippen molar-refractivity contribution in [3.8, 4) is 0 Å². The van der Waals surface area contributed by atoms with E-state index in [9.17, 15) is 18.8 Å². The molecule has 1 saturated heterocycles. The van der Waals surface area contributed by atoms with Gasteiger partial charge in [-0.15, -0.1) is 0 Å². The van der Waals surface area contributed by atoms with Gasteiger partial charge in [-0.1, -0.05) is 23.2 Å². The summed E-state index contributed by atoms with van der Waals surface area (Å²) < 4.78 is 18.7. The first kappa shape index (κ1) is 21.4. The number of ether oxygens (including phenoxy) is 1. The number of rotatable bonds is 5. The summed E-state index contributed by atoms with van der Waals surface area (Å²) >= 11 is 11.6. The lowest BCUT2D eigenvalue weighted by atomic mass is 9.98. The van der Waals surface area contributed by atoms with Crippen LogP contribution >= 0.6 is 23.2 Å². The van der Waals surface area contributed by atoms with Crippen molar-refractivity contribution in [3.05, 3.63) is 33.6 Å². The molecule has 1 aliphatic rings. The van der Waals surface area contributed by atoms with Gasteiger partial charge in [0.25, 0.3) is 5.91 Å². The van der Waals surface area contributed by atoms with Gasteiger partial charge in [0.2, 0.25) is 5.91 Å². The molecule has 0 N–H and O–H groups in total. The van der Waals surface area contributed by atoms with Crippen molar-refractivity contribution in [2.75, 3.05) is 33.3 Å². The molecule has 1 aromatic rings. The minimum Gasteiger partial charge on any atom is -0.466 e. The standard InChI is InChI=1S/C18H21Cl2FN2O4/c1-3-27-18(26)11-5-4-6-23(9-11)16(24)10-22(2)17(25)12-7-15(21)14(20)8-13(12)19/h7-8,11H,3-6,9-10H2,1-2H3. The Balaban J connectivity index is 2.01. The summed E-state index contributed by atoms with van der Waals surface area (Å²) in [5, 5.41) is -0.181. The molecule has 6 nitrogen and oxygen atoms in total. The summed E-state index contributed by atoms with van der Waals surface area (Å²) in [6.07, 6.45) is 1.35. The van der Waals surface area contributed by atoms with Crippen molar-refractivity contribution >= 4 is 41.0 Å². The molecule has 27 heavy (non-hydrogen) atoms. The maximum atomic E-state index is 13.6. The van der Waals surface area contributed by atoms with Gasteiger partial charge in [-0.3, -0.25) is 14.4 Å². The summed E-state index contributed by atoms with van der Waals surface area (Å²) in [4.78, 5) is 39.6. The van der Waals surface area contributed by atoms with Crippen molar-refractivity contribution in [1.82, 2.24) is 9.80 Å². The number of piperidine rings is 1. The Bertz CT molecular complexity index is 744. The van der Waals surface area contributed by atoms with Crippen molar-refractivity contribution in [2.24, 2.45) is 5.92 Å². The topological polar surface area (TPSA) is 66.9 Å². The molecule has 1 heterocycles. The van der Waals surface area contributed by atoms with E-state index in [2.05, 4.69) is 0 Å². The number of hydrogen-bond donors (Lipinski definition) is 0. The van der Waals surface area contributed by atoms with Crippen molar-refractivity contribution in [2.45, 2.75) is 19.8 Å². The Hall–Kier alpha value is -1.86. The van der Waals surface area contributed by atoms with Crippen molar-refractivity contribution in [3.63, 3.8) is 0 Å². The predicted molar refractivity (Wildman–Crippen MR) is 99.3 cm³/mol. The molecule has 1 aliphatic heterocycles. The van der Waals surface area contributed by atoms with Crippen LogP contribution in [0.1, 0.15) is 30.1 Å². The van der Waals surface area contributed by atoms with E-state index in [0.29, 0.717) is 26.0 Å². The highest BCUT2D eigenvalue weighted by atomic mass is 35.5. The van der Waals surface area contributed by atoms with Gasteiger partial charge in [0.05, 0.1) is 34.7 Å². The SMILES string of the molecule is CCOC(=O)C1CCCN(C(=O)CN(C)C(=O)c2cc(F)c(Cl)cc2Cl)C1. The maximum absolute atomic E-state index is 13.6. The fourth-order valence-electron chi connectivity index (χ4n) is 2.92. The van der Waals surface area contributed by atoms with E-state index in [1.54, 1.807) is 11.8 Å². The lowest BCUT2D eigenvalue weighted by Crippen LogP contribution is -2.47. The number of esters is 1. The second kappa shape index (κ2) is 9.37. The van der Waals surface area contributed by atoms with Crippen LogP contribution in [0, 0.1) is 11.7 Å². The number of carbonyl (C=O) groups is 3. The van der Waals surface area contributed by atoms with E-state index in [4.69, 9.17) is 27.9 Å². The first-order valence-corrected chi connectivity index (χ1v) is 9.34. The van der Waals surface area contributed by atoms with Crippen LogP contribution in [-0.4, -0.2) is 60.9 Å². The van der Waals surface area contributed by atoms with Crippen LogP contribution in [0.5, 0.6) is 0 Å². The summed E-state index contributed by atoms with van der Waals surface area (Å²) in [5.41, 5.74) is -0.0723. The Labute approximate surface area is 167 Å². The molecule has 9 heteroatoms. The van der Waals surface area contributed by atoms with E-state index >= 15 is 0 Å². The fraction of sp³-hybridized carbons (Fsp3) is 0.500. The van der Waals surface area contributed by atoms with Gasteiger partial charge in [-0.2, -0.15) is 0 Å². The van der Waals surface area contributed by atoms with Crippen LogP contribution in [-0.2, 0) is 14.3 Å². The predicted octanol–water partition coefficient (Wildman–Crippen LogP) is 3.01. The number of carbonyl (C=O) groups excluding carboxylic acids is 3. The molecule has 2 rings (SSSR count). The van der Waals surface area contributed by atoms with Gasteiger partial charge in [0.1, 0.15) is 5.82 Å². The van der Waals surface area contributed by atoms with Gasteiger partial charge in [0.15, 0.2) is 0 Å². The third kappa shape index (κ3) is 5.32. The third-order valence-corrected chi connectivity index (χ3v) is 4.96. The first-order chi connectivity index (χ1) is 12.7. The average Bonchev–Trinajstić information content (AvgIpc) is 2.64. The zero-order valence-corrected chi connectivity index (χ0v) is 16.6. The quantitative estimate of drug-likeness (QED) is 0.544. The molecular formula is C18H21Cl2FN2O4. The zero-order chi connectivity index (χ0) is 20.1. The van der Waals surface area contributed by atoms with E-state index in [1.165, 1.54) is 7.05 Å². The molecular weight excluding hydrogens is 398 g/mol. The number of hydrogen-bond acceptors (Lipinski definition) is 4. The van der Waals surface area contributed by atoms with Crippen LogP contribution in [0.3, 0.4) is 0 Å². The Morgan fingerprint density at radius 3 is 2.67 bits per heavy atom. The van der Waals surface area contributed by atoms with Crippen LogP contribution in [0.4, 0.5) is 4.39 Å². The highest BCUT2D eigenvalue weighted by Gasteiger charge is 2.30. The summed E-state index contributed by atoms with van der Waals surface area (Å²) in [6.45, 7) is 2.58. The molecule has 0 spiro atoms. The number of nitrogens with zero attached hydrogens (tertiary/aromatic N) is 2. The molecule has 0 bridgehead atoms. The molecule has 0 aromatic heterocycles. The van der Waals surface area contributed by atoms with Crippen molar-refractivity contribution < 1.29 is 23.5 Å². The van der Waals surface area contributed by atoms with Crippen molar-refractivity contribution in [1.29, 1.82) is 0 Å². The van der Waals surface area contributed by atoms with Crippen LogP contribution in [0.2, 0.25) is 10.0 Å². The smallest absolute Gasteiger partial charge is 0.310 e. The van der Waals surface area contributed by atoms with Gasteiger partial charge in [-0.25, -0.2) is 4.39 Å². The molecule has 1 unspecified atom stereocenters. The second-order valence-electron chi connectivity index (χ2n) is 6.34. The lowest BCUT2D eigenvalue weighted by molar-refractivity contribution is -0.151. The highest BCUT2D eigenvalue weighted by molar-refractivity contribution is 6.36. The number of halogens is 3. The number of likely N-dealkylation sites (N-methyl/N-ethyl adjacent to an activating group) is 1. The van der Waals surface area contributed by atoms with Gasteiger partial charge >= 0.3 is 5.97 Å². The molecule has 1 aromatic carbocycles. The Morgan fingerprint density at radius 1 is 1.30 bits per heavy atom. The average molecular weight is 419 g/mol.